The number of hydrogen-bond donors (Lipinski definition) is 0. The van der Waals surface area contributed by atoms with Crippen molar-refractivity contribution >= 4 is 39.2 Å². The highest BCUT2D eigenvalue weighted by Gasteiger charge is 2.30. The maximum Gasteiger partial charge on any atom is 0.340 e. The predicted octanol–water partition coefficient (Wildman–Crippen LogP) is 3.38. The highest BCUT2D eigenvalue weighted by molar-refractivity contribution is 7.92. The van der Waals surface area contributed by atoms with Crippen molar-refractivity contribution in [2.24, 2.45) is 13.0 Å². The predicted molar refractivity (Wildman–Crippen MR) is 148 cm³/mol. The lowest BCUT2D eigenvalue weighted by Crippen LogP contribution is -2.40. The van der Waals surface area contributed by atoms with Crippen LogP contribution in [0.25, 0.3) is 5.69 Å². The van der Waals surface area contributed by atoms with Gasteiger partial charge in [0.05, 0.1) is 26.9 Å². The number of aromatic nitrogens is 2. The molecule has 0 atom stereocenters. The average Bonchev–Trinajstić information content (AvgIpc) is 3.14. The first-order valence-corrected chi connectivity index (χ1v) is 14.3. The number of hydrogen-bond acceptors (Lipinski definition) is 6. The standard InChI is InChI=1S/C27H31ClN4O6S/c1-18-12-14-31(15-13-18)24(33)17-38-27(35)22-16-21(10-11-23(22)28)39(36,37)30(4)25-19(2)29(3)32(26(25)34)20-8-6-5-7-9-20/h5-11,16,18H,12-15,17H2,1-4H3. The highest BCUT2D eigenvalue weighted by atomic mass is 35.5. The van der Waals surface area contributed by atoms with Gasteiger partial charge in [-0.1, -0.05) is 36.7 Å². The van der Waals surface area contributed by atoms with Gasteiger partial charge in [0, 0.05) is 27.2 Å². The summed E-state index contributed by atoms with van der Waals surface area (Å²) in [6.07, 6.45) is 1.77. The first-order chi connectivity index (χ1) is 18.4. The van der Waals surface area contributed by atoms with E-state index in [2.05, 4.69) is 6.92 Å². The minimum absolute atomic E-state index is 0.0248. The fourth-order valence-corrected chi connectivity index (χ4v) is 6.04. The number of likely N-dealkylation sites (tertiary alicyclic amines) is 1. The molecule has 208 valence electrons. The number of nitrogens with zero attached hydrogens (tertiary/aromatic N) is 4. The molecule has 0 unspecified atom stereocenters. The van der Waals surface area contributed by atoms with Crippen molar-refractivity contribution in [1.82, 2.24) is 14.3 Å². The van der Waals surface area contributed by atoms with E-state index < -0.39 is 28.2 Å². The molecule has 0 saturated carbocycles. The van der Waals surface area contributed by atoms with Gasteiger partial charge in [0.1, 0.15) is 5.69 Å². The summed E-state index contributed by atoms with van der Waals surface area (Å²) in [6.45, 7) is 4.50. The van der Waals surface area contributed by atoms with Crippen molar-refractivity contribution in [3.63, 3.8) is 0 Å². The van der Waals surface area contributed by atoms with E-state index in [1.165, 1.54) is 23.9 Å². The maximum atomic E-state index is 13.6. The van der Waals surface area contributed by atoms with E-state index in [4.69, 9.17) is 16.3 Å². The zero-order valence-corrected chi connectivity index (χ0v) is 23.8. The second-order valence-electron chi connectivity index (χ2n) is 9.66. The molecular formula is C27H31ClN4O6S. The quantitative estimate of drug-likeness (QED) is 0.400. The Labute approximate surface area is 232 Å². The smallest absolute Gasteiger partial charge is 0.340 e. The molecule has 12 heteroatoms. The normalized spacial score (nSPS) is 14.3. The molecule has 10 nitrogen and oxygen atoms in total. The summed E-state index contributed by atoms with van der Waals surface area (Å²) in [6, 6.07) is 12.5. The zero-order chi connectivity index (χ0) is 28.5. The Morgan fingerprint density at radius 2 is 1.74 bits per heavy atom. The van der Waals surface area contributed by atoms with E-state index in [-0.39, 0.29) is 27.1 Å². The lowest BCUT2D eigenvalue weighted by atomic mass is 9.99. The molecule has 1 aliphatic heterocycles. The number of rotatable bonds is 7. The number of halogens is 1. The number of carbonyl (C=O) groups excluding carboxylic acids is 2. The van der Waals surface area contributed by atoms with Gasteiger partial charge in [0.2, 0.25) is 0 Å². The molecular weight excluding hydrogens is 544 g/mol. The summed E-state index contributed by atoms with van der Waals surface area (Å²) >= 11 is 6.20. The third kappa shape index (κ3) is 5.60. The van der Waals surface area contributed by atoms with Gasteiger partial charge in [0.15, 0.2) is 6.61 Å². The SMILES string of the molecule is Cc1c(N(C)S(=O)(=O)c2ccc(Cl)c(C(=O)OCC(=O)N3CCC(C)CC3)c2)c(=O)n(-c2ccccc2)n1C. The van der Waals surface area contributed by atoms with Crippen molar-refractivity contribution in [3.8, 4) is 5.69 Å². The molecule has 4 rings (SSSR count). The number of benzene rings is 2. The first kappa shape index (κ1) is 28.4. The number of sulfonamides is 1. The number of carbonyl (C=O) groups is 2. The molecule has 3 aromatic rings. The van der Waals surface area contributed by atoms with Gasteiger partial charge in [0.25, 0.3) is 21.5 Å². The summed E-state index contributed by atoms with van der Waals surface area (Å²) in [4.78, 5) is 40.0. The average molecular weight is 575 g/mol. The van der Waals surface area contributed by atoms with Crippen LogP contribution in [-0.2, 0) is 26.6 Å². The number of piperidine rings is 1. The van der Waals surface area contributed by atoms with Crippen LogP contribution in [0.3, 0.4) is 0 Å². The van der Waals surface area contributed by atoms with Gasteiger partial charge in [-0.25, -0.2) is 17.9 Å². The number of anilines is 1. The largest absolute Gasteiger partial charge is 0.452 e. The van der Waals surface area contributed by atoms with Crippen LogP contribution in [0.15, 0.2) is 58.2 Å². The van der Waals surface area contributed by atoms with Gasteiger partial charge < -0.3 is 9.64 Å². The van der Waals surface area contributed by atoms with Gasteiger partial charge >= 0.3 is 5.97 Å². The van der Waals surface area contributed by atoms with Crippen molar-refractivity contribution in [1.29, 1.82) is 0 Å². The van der Waals surface area contributed by atoms with Gasteiger partial charge in [-0.05, 0) is 56.0 Å². The summed E-state index contributed by atoms with van der Waals surface area (Å²) in [5.74, 6) is -0.691. The number of esters is 1. The van der Waals surface area contributed by atoms with Gasteiger partial charge in [-0.3, -0.25) is 18.6 Å². The third-order valence-corrected chi connectivity index (χ3v) is 9.20. The Morgan fingerprint density at radius 1 is 1.10 bits per heavy atom. The van der Waals surface area contributed by atoms with Crippen molar-refractivity contribution in [2.75, 3.05) is 31.0 Å². The fourth-order valence-electron chi connectivity index (χ4n) is 4.57. The van der Waals surface area contributed by atoms with Crippen LogP contribution in [0.5, 0.6) is 0 Å². The van der Waals surface area contributed by atoms with Crippen LogP contribution in [0.4, 0.5) is 5.69 Å². The molecule has 2 heterocycles. The molecule has 0 N–H and O–H groups in total. The molecule has 1 aliphatic rings. The fraction of sp³-hybridized carbons (Fsp3) is 0.370. The minimum atomic E-state index is -4.28. The van der Waals surface area contributed by atoms with Crippen molar-refractivity contribution < 1.29 is 22.7 Å². The molecule has 0 bridgehead atoms. The molecule has 1 saturated heterocycles. The van der Waals surface area contributed by atoms with E-state index >= 15 is 0 Å². The van der Waals surface area contributed by atoms with Crippen LogP contribution in [0.2, 0.25) is 5.02 Å². The summed E-state index contributed by atoms with van der Waals surface area (Å²) < 4.78 is 36.2. The molecule has 0 radical (unpaired) electrons. The Bertz CT molecular complexity index is 1560. The molecule has 1 aromatic heterocycles. The molecule has 0 aliphatic carbocycles. The third-order valence-electron chi connectivity index (χ3n) is 7.12. The Balaban J connectivity index is 1.58. The van der Waals surface area contributed by atoms with E-state index in [1.807, 2.05) is 6.07 Å². The monoisotopic (exact) mass is 574 g/mol. The number of amides is 1. The van der Waals surface area contributed by atoms with Crippen molar-refractivity contribution in [3.05, 3.63) is 75.2 Å². The minimum Gasteiger partial charge on any atom is -0.452 e. The molecule has 0 spiro atoms. The molecule has 2 aromatic carbocycles. The number of para-hydroxylation sites is 1. The Hall–Kier alpha value is -3.57. The lowest BCUT2D eigenvalue weighted by Gasteiger charge is -2.30. The number of ether oxygens (including phenoxy) is 1. The van der Waals surface area contributed by atoms with Gasteiger partial charge in [-0.15, -0.1) is 0 Å². The van der Waals surface area contributed by atoms with E-state index in [0.717, 1.165) is 23.2 Å². The Morgan fingerprint density at radius 3 is 2.38 bits per heavy atom. The van der Waals surface area contributed by atoms with E-state index in [9.17, 15) is 22.8 Å². The zero-order valence-electron chi connectivity index (χ0n) is 22.3. The van der Waals surface area contributed by atoms with Crippen LogP contribution in [-0.4, -0.2) is 61.3 Å². The molecule has 1 amide bonds. The highest BCUT2D eigenvalue weighted by Crippen LogP contribution is 2.27. The summed E-state index contributed by atoms with van der Waals surface area (Å²) in [5, 5.41) is -0.0248. The first-order valence-electron chi connectivity index (χ1n) is 12.5. The lowest BCUT2D eigenvalue weighted by molar-refractivity contribution is -0.135. The second kappa shape index (κ2) is 11.3. The van der Waals surface area contributed by atoms with Crippen LogP contribution in [0.1, 0.15) is 35.8 Å². The summed E-state index contributed by atoms with van der Waals surface area (Å²) in [7, 11) is -1.34. The second-order valence-corrected chi connectivity index (χ2v) is 12.0. The van der Waals surface area contributed by atoms with Crippen molar-refractivity contribution in [2.45, 2.75) is 31.6 Å². The Kier molecular flexibility index (Phi) is 8.22. The van der Waals surface area contributed by atoms with E-state index in [0.29, 0.717) is 30.4 Å². The topological polar surface area (TPSA) is 111 Å². The van der Waals surface area contributed by atoms with Crippen LogP contribution in [0, 0.1) is 12.8 Å². The summed E-state index contributed by atoms with van der Waals surface area (Å²) in [5.41, 5.74) is 0.246. The van der Waals surface area contributed by atoms with Gasteiger partial charge in [-0.2, -0.15) is 0 Å². The van der Waals surface area contributed by atoms with Crippen LogP contribution >= 0.6 is 11.6 Å². The van der Waals surface area contributed by atoms with Crippen LogP contribution < -0.4 is 9.86 Å². The molecule has 1 fully saturated rings. The molecule has 39 heavy (non-hydrogen) atoms. The van der Waals surface area contributed by atoms with E-state index in [1.54, 1.807) is 47.8 Å². The maximum absolute atomic E-state index is 13.6.